The smallest absolute Gasteiger partial charge is 0.338 e. The average molecular weight is 1910 g/mol. The monoisotopic (exact) mass is 1910 g/mol. The average Bonchev–Trinajstić information content (AvgIpc) is 1.56. The summed E-state index contributed by atoms with van der Waals surface area (Å²) >= 11 is 19.2. The Morgan fingerprint density at radius 2 is 0.733 bits per heavy atom. The lowest BCUT2D eigenvalue weighted by atomic mass is 9.94. The molecule has 0 spiro atoms. The van der Waals surface area contributed by atoms with Crippen LogP contribution in [0.25, 0.3) is 0 Å². The van der Waals surface area contributed by atoms with E-state index in [1.165, 1.54) is 108 Å². The van der Waals surface area contributed by atoms with Gasteiger partial charge in [-0.15, -0.1) is 45.3 Å². The number of benzene rings is 4. The van der Waals surface area contributed by atoms with Crippen LogP contribution in [0.5, 0.6) is 0 Å². The Labute approximate surface area is 709 Å². The van der Waals surface area contributed by atoms with Crippen molar-refractivity contribution < 1.29 is 70.4 Å². The lowest BCUT2D eigenvalue weighted by Gasteiger charge is -2.31. The topological polar surface area (TPSA) is 347 Å². The van der Waals surface area contributed by atoms with Gasteiger partial charge < -0.3 is 49.4 Å². The molecule has 3 N–H and O–H groups in total. The molecular weight excluding hydrogens is 1850 g/mol. The van der Waals surface area contributed by atoms with Gasteiger partial charge in [0.2, 0.25) is 5.91 Å². The number of amides is 1. The Morgan fingerprint density at radius 3 is 0.983 bits per heavy atom. The Bertz CT molecular complexity index is 5240. The number of aliphatic carboxylic acids is 1. The largest absolute Gasteiger partial charge is 0.481 e. The molecule has 0 radical (unpaired) electrons. The Hall–Kier alpha value is -10.3. The van der Waals surface area contributed by atoms with Crippen LogP contribution >= 0.6 is 109 Å². The van der Waals surface area contributed by atoms with E-state index in [1.54, 1.807) is 73.2 Å². The number of nitriles is 2. The van der Waals surface area contributed by atoms with E-state index in [2.05, 4.69) is 95.8 Å². The summed E-state index contributed by atoms with van der Waals surface area (Å²) in [6.07, 6.45) is 7.97. The standard InChI is InChI=1S/2C20H16BrFN4O2S.C19H16BrFN4O3S.C19H15BrFN3O4S/c2*1-2-28-20(27)16-15-7-11(9-23)10-26(15)18(19-24-5-6-29-19)25-17(16)13-4-3-12(22)8-14(13)21;1-28-19(27)14-13-6-9(16(22)26)8-25(13)17(18-23-4-5-29-18)24-15(14)11-3-2-10(21)7-12(11)20;1-28-19(27)14-13-6-9(18(25)26)8-24(13)16(17-22-4-5-29-17)23-15(14)11-3-2-10(21)7-12(11)20/h2*3-6,8,11,17H,2,7,10H2,1H3;2-5,7,9,15H,6,8H2,1H3,(H2,22,26);2-5,7,9,15H,6,8H2,1H3,(H,25,26)/t11-,17?;11-,17-;2*9-,15?/m0011/s1. The summed E-state index contributed by atoms with van der Waals surface area (Å²) in [7, 11) is 2.55. The molecule has 596 valence electrons. The zero-order valence-electron chi connectivity index (χ0n) is 61.3. The molecule has 0 bridgehead atoms. The number of carboxylic acids is 1. The van der Waals surface area contributed by atoms with Crippen LogP contribution in [0.2, 0.25) is 0 Å². The van der Waals surface area contributed by atoms with E-state index in [4.69, 9.17) is 44.7 Å². The number of esters is 4. The maximum absolute atomic E-state index is 13.7. The van der Waals surface area contributed by atoms with E-state index in [0.717, 1.165) is 11.4 Å². The molecule has 26 nitrogen and oxygen atoms in total. The Morgan fingerprint density at radius 1 is 0.457 bits per heavy atom. The van der Waals surface area contributed by atoms with Crippen molar-refractivity contribution in [2.24, 2.45) is 49.4 Å². The maximum atomic E-state index is 13.7. The van der Waals surface area contributed by atoms with Gasteiger partial charge in [0.1, 0.15) is 47.4 Å². The van der Waals surface area contributed by atoms with Crippen molar-refractivity contribution in [1.29, 1.82) is 10.5 Å². The highest BCUT2D eigenvalue weighted by atomic mass is 79.9. The molecule has 8 aromatic rings. The van der Waals surface area contributed by atoms with Gasteiger partial charge in [0.25, 0.3) is 0 Å². The van der Waals surface area contributed by atoms with Crippen molar-refractivity contribution in [3.05, 3.63) is 248 Å². The molecule has 4 saturated heterocycles. The summed E-state index contributed by atoms with van der Waals surface area (Å²) in [6.45, 7) is 5.28. The number of allylic oxidation sites excluding steroid dienone is 4. The molecule has 16 rings (SSSR count). The van der Waals surface area contributed by atoms with Gasteiger partial charge in [0.05, 0.1) is 85.5 Å². The number of nitrogens with zero attached hydrogens (tertiary/aromatic N) is 14. The van der Waals surface area contributed by atoms with E-state index < -0.39 is 95.0 Å². The second-order valence-corrected chi connectivity index (χ2v) is 33.3. The van der Waals surface area contributed by atoms with Gasteiger partial charge in [0.15, 0.2) is 43.4 Å². The fourth-order valence-corrected chi connectivity index (χ4v) is 19.2. The number of nitrogens with two attached hydrogens (primary N) is 1. The highest BCUT2D eigenvalue weighted by Crippen LogP contribution is 2.49. The fraction of sp³-hybridized carbons (Fsp3) is 0.282. The number of ether oxygens (including phenoxy) is 4. The van der Waals surface area contributed by atoms with Gasteiger partial charge >= 0.3 is 29.8 Å². The van der Waals surface area contributed by atoms with Crippen LogP contribution in [0.4, 0.5) is 17.6 Å². The van der Waals surface area contributed by atoms with Crippen molar-refractivity contribution >= 4 is 168 Å². The second-order valence-electron chi connectivity index (χ2n) is 26.3. The summed E-state index contributed by atoms with van der Waals surface area (Å²) in [5, 5.41) is 38.5. The maximum Gasteiger partial charge on any atom is 0.338 e. The minimum absolute atomic E-state index is 0.166. The first-order valence-electron chi connectivity index (χ1n) is 35.4. The number of amidine groups is 4. The first kappa shape index (κ1) is 83.6. The second kappa shape index (κ2) is 36.5. The van der Waals surface area contributed by atoms with E-state index in [-0.39, 0.29) is 43.6 Å². The SMILES string of the molecule is CCOC(=O)C1=C2C[C@@H](C#N)CN2C(c2nccs2)=NC1c1ccc(F)cc1Br.CCOC(=O)C1=C2C[C@@H](C#N)CN2C(c2nccs2)=N[C@H]1c1ccc(F)cc1Br.COC(=O)C1=C2C[C@@H](C(=O)O)CN2C(c2nccs2)=NC1c1ccc(F)cc1Br.COC(=O)C1=C2C[C@@H](C(N)=O)CN2C(c2nccs2)=NC1c1ccc(F)cc1Br. The number of carbonyl (C=O) groups is 6. The van der Waals surface area contributed by atoms with Crippen molar-refractivity contribution in [3.8, 4) is 12.1 Å². The summed E-state index contributed by atoms with van der Waals surface area (Å²) in [4.78, 5) is 119. The molecule has 0 saturated carbocycles. The molecule has 38 heteroatoms. The van der Waals surface area contributed by atoms with Crippen LogP contribution in [0, 0.1) is 69.6 Å². The zero-order valence-corrected chi connectivity index (χ0v) is 70.9. The third kappa shape index (κ3) is 17.3. The van der Waals surface area contributed by atoms with Crippen LogP contribution in [-0.4, -0.2) is 157 Å². The number of carboxylic acid groups (broad SMARTS) is 1. The lowest BCUT2D eigenvalue weighted by molar-refractivity contribution is -0.141. The van der Waals surface area contributed by atoms with Gasteiger partial charge in [-0.1, -0.05) is 88.0 Å². The molecule has 8 aliphatic heterocycles. The molecule has 3 unspecified atom stereocenters. The van der Waals surface area contributed by atoms with Gasteiger partial charge in [-0.05, 0) is 84.6 Å². The van der Waals surface area contributed by atoms with Gasteiger partial charge in [-0.25, -0.2) is 56.7 Å². The zero-order chi connectivity index (χ0) is 82.5. The number of hydrogen-bond acceptors (Lipinski definition) is 28. The van der Waals surface area contributed by atoms with Crippen LogP contribution in [0.1, 0.15) is 106 Å². The highest BCUT2D eigenvalue weighted by molar-refractivity contribution is 9.11. The molecule has 1 amide bonds. The van der Waals surface area contributed by atoms with Crippen molar-refractivity contribution in [3.63, 3.8) is 0 Å². The minimum Gasteiger partial charge on any atom is -0.481 e. The van der Waals surface area contributed by atoms with E-state index in [1.807, 2.05) is 30.8 Å². The van der Waals surface area contributed by atoms with E-state index in [0.29, 0.717) is 151 Å². The summed E-state index contributed by atoms with van der Waals surface area (Å²) in [5.74, 6) is -4.56. The molecule has 4 aromatic carbocycles. The molecule has 0 aliphatic carbocycles. The Kier molecular flexibility index (Phi) is 26.3. The molecule has 116 heavy (non-hydrogen) atoms. The van der Waals surface area contributed by atoms with Crippen molar-refractivity contribution in [1.82, 2.24) is 39.5 Å². The number of methoxy groups -OCH3 is 2. The number of carbonyl (C=O) groups excluding carboxylic acids is 5. The highest BCUT2D eigenvalue weighted by Gasteiger charge is 2.49. The molecule has 12 heterocycles. The normalized spacial score (nSPS) is 21.0. The number of primary amides is 1. The Balaban J connectivity index is 0.000000135. The predicted molar refractivity (Wildman–Crippen MR) is 435 cm³/mol. The first-order valence-corrected chi connectivity index (χ1v) is 42.1. The summed E-state index contributed by atoms with van der Waals surface area (Å²) in [5.41, 5.74) is 12.0. The fourth-order valence-electron chi connectivity index (χ4n) is 14.4. The number of aromatic nitrogens is 4. The number of thiazole rings is 4. The molecule has 4 aromatic heterocycles. The predicted octanol–water partition coefficient (Wildman–Crippen LogP) is 14.6. The minimum atomic E-state index is -0.950. The van der Waals surface area contributed by atoms with Gasteiger partial charge in [-0.2, -0.15) is 10.5 Å². The number of hydrogen-bond donors (Lipinski definition) is 2. The van der Waals surface area contributed by atoms with Crippen LogP contribution < -0.4 is 5.73 Å². The quantitative estimate of drug-likeness (QED) is 0.0515. The number of fused-ring (bicyclic) bond motifs is 4. The van der Waals surface area contributed by atoms with Crippen molar-refractivity contribution in [2.45, 2.75) is 63.7 Å². The first-order chi connectivity index (χ1) is 55.9. The summed E-state index contributed by atoms with van der Waals surface area (Å²) < 4.78 is 77.3. The summed E-state index contributed by atoms with van der Waals surface area (Å²) in [6, 6.07) is 18.6. The molecule has 8 aliphatic rings. The number of rotatable bonds is 16. The van der Waals surface area contributed by atoms with Gasteiger partial charge in [-0.3, -0.25) is 29.6 Å². The van der Waals surface area contributed by atoms with Crippen LogP contribution in [-0.2, 0) is 47.7 Å². The molecule has 8 atom stereocenters. The van der Waals surface area contributed by atoms with Crippen LogP contribution in [0.15, 0.2) is 202 Å². The number of aliphatic imine (C=N–C) groups is 4. The van der Waals surface area contributed by atoms with Crippen molar-refractivity contribution in [2.75, 3.05) is 53.6 Å². The van der Waals surface area contributed by atoms with Crippen LogP contribution in [0.3, 0.4) is 0 Å². The molecular formula is C78H63Br4F4N15O11S4. The molecule has 4 fully saturated rings. The third-order valence-electron chi connectivity index (χ3n) is 19.5. The third-order valence-corrected chi connectivity index (χ3v) is 25.3. The lowest BCUT2D eigenvalue weighted by Crippen LogP contribution is -2.36. The van der Waals surface area contributed by atoms with E-state index >= 15 is 0 Å². The number of halogens is 8. The van der Waals surface area contributed by atoms with E-state index in [9.17, 15) is 62.0 Å². The van der Waals surface area contributed by atoms with Gasteiger partial charge in [0, 0.05) is 139 Å².